The van der Waals surface area contributed by atoms with Crippen LogP contribution in [-0.2, 0) is 9.53 Å². The van der Waals surface area contributed by atoms with Crippen molar-refractivity contribution < 1.29 is 9.53 Å². The minimum absolute atomic E-state index is 0.173. The molecule has 0 aromatic rings. The van der Waals surface area contributed by atoms with Gasteiger partial charge >= 0.3 is 0 Å². The number of likely N-dealkylation sites (tertiary alicyclic amines) is 1. The Labute approximate surface area is 157 Å². The fourth-order valence-corrected chi connectivity index (χ4v) is 4.28. The molecule has 0 spiro atoms. The summed E-state index contributed by atoms with van der Waals surface area (Å²) in [4.78, 5) is 23.7. The Morgan fingerprint density at radius 1 is 1.15 bits per heavy atom. The maximum Gasteiger partial charge on any atom is 0.251 e. The molecule has 3 fully saturated rings. The van der Waals surface area contributed by atoms with Gasteiger partial charge in [-0.3, -0.25) is 9.79 Å². The standard InChI is InChI=1S/C19H35N5O2/c1-3-7-22-8-6-16(15-22)14-21-19(20-2)24-11-9-23(10-12-24)18(25)17-5-4-13-26-17/h16-17H,3-15H2,1-2H3,(H,20,21). The summed E-state index contributed by atoms with van der Waals surface area (Å²) in [7, 11) is 1.85. The Hall–Kier alpha value is -1.34. The zero-order valence-electron chi connectivity index (χ0n) is 16.5. The minimum atomic E-state index is -0.201. The molecule has 0 radical (unpaired) electrons. The SMILES string of the molecule is CCCN1CCC(CNC(=NC)N2CCN(C(=O)C3CCCO3)CC2)C1. The van der Waals surface area contributed by atoms with Crippen LogP contribution in [0.1, 0.15) is 32.6 Å². The average molecular weight is 366 g/mol. The van der Waals surface area contributed by atoms with E-state index in [-0.39, 0.29) is 12.0 Å². The lowest BCUT2D eigenvalue weighted by atomic mass is 10.1. The molecule has 3 aliphatic rings. The van der Waals surface area contributed by atoms with Crippen molar-refractivity contribution in [3.63, 3.8) is 0 Å². The summed E-state index contributed by atoms with van der Waals surface area (Å²) in [5.41, 5.74) is 0. The molecule has 3 saturated heterocycles. The molecule has 0 bridgehead atoms. The first-order valence-electron chi connectivity index (χ1n) is 10.3. The van der Waals surface area contributed by atoms with Crippen LogP contribution in [0.3, 0.4) is 0 Å². The molecule has 2 atom stereocenters. The molecule has 0 aromatic carbocycles. The van der Waals surface area contributed by atoms with E-state index in [1.165, 1.54) is 32.5 Å². The second-order valence-corrected chi connectivity index (χ2v) is 7.70. The molecular formula is C19H35N5O2. The van der Waals surface area contributed by atoms with E-state index < -0.39 is 0 Å². The second-order valence-electron chi connectivity index (χ2n) is 7.70. The Morgan fingerprint density at radius 2 is 1.92 bits per heavy atom. The molecule has 1 amide bonds. The van der Waals surface area contributed by atoms with Crippen molar-refractivity contribution in [1.82, 2.24) is 20.0 Å². The van der Waals surface area contributed by atoms with Crippen LogP contribution in [0.25, 0.3) is 0 Å². The largest absolute Gasteiger partial charge is 0.368 e. The predicted octanol–water partition coefficient (Wildman–Crippen LogP) is 0.617. The Bertz CT molecular complexity index is 484. The summed E-state index contributed by atoms with van der Waals surface area (Å²) >= 11 is 0. The molecule has 3 heterocycles. The van der Waals surface area contributed by atoms with Gasteiger partial charge in [0.2, 0.25) is 0 Å². The number of hydrogen-bond acceptors (Lipinski definition) is 4. The summed E-state index contributed by atoms with van der Waals surface area (Å²) in [6, 6.07) is 0. The van der Waals surface area contributed by atoms with Crippen LogP contribution in [0.15, 0.2) is 4.99 Å². The van der Waals surface area contributed by atoms with Gasteiger partial charge in [0.05, 0.1) is 0 Å². The lowest BCUT2D eigenvalue weighted by Crippen LogP contribution is -2.55. The van der Waals surface area contributed by atoms with E-state index in [1.807, 2.05) is 11.9 Å². The fraction of sp³-hybridized carbons (Fsp3) is 0.895. The molecule has 148 valence electrons. The highest BCUT2D eigenvalue weighted by atomic mass is 16.5. The molecule has 3 aliphatic heterocycles. The van der Waals surface area contributed by atoms with Crippen LogP contribution >= 0.6 is 0 Å². The van der Waals surface area contributed by atoms with Crippen LogP contribution in [0.2, 0.25) is 0 Å². The van der Waals surface area contributed by atoms with Crippen molar-refractivity contribution in [3.05, 3.63) is 0 Å². The van der Waals surface area contributed by atoms with Crippen LogP contribution in [-0.4, -0.2) is 98.7 Å². The van der Waals surface area contributed by atoms with E-state index >= 15 is 0 Å². The summed E-state index contributed by atoms with van der Waals surface area (Å²) in [5.74, 6) is 1.86. The molecule has 0 saturated carbocycles. The van der Waals surface area contributed by atoms with Crippen molar-refractivity contribution in [1.29, 1.82) is 0 Å². The number of carbonyl (C=O) groups excluding carboxylic acids is 1. The number of piperazine rings is 1. The normalized spacial score (nSPS) is 28.0. The number of carbonyl (C=O) groups is 1. The molecule has 3 rings (SSSR count). The van der Waals surface area contributed by atoms with Crippen molar-refractivity contribution >= 4 is 11.9 Å². The highest BCUT2D eigenvalue weighted by Crippen LogP contribution is 2.17. The molecular weight excluding hydrogens is 330 g/mol. The van der Waals surface area contributed by atoms with Gasteiger partial charge in [0, 0.05) is 52.9 Å². The van der Waals surface area contributed by atoms with E-state index in [0.29, 0.717) is 5.92 Å². The molecule has 7 heteroatoms. The Kier molecular flexibility index (Phi) is 7.14. The van der Waals surface area contributed by atoms with Gasteiger partial charge in [-0.15, -0.1) is 0 Å². The monoisotopic (exact) mass is 365 g/mol. The van der Waals surface area contributed by atoms with Gasteiger partial charge < -0.3 is 24.8 Å². The topological polar surface area (TPSA) is 60.4 Å². The Balaban J connectivity index is 1.40. The Morgan fingerprint density at radius 3 is 2.58 bits per heavy atom. The second kappa shape index (κ2) is 9.55. The summed E-state index contributed by atoms with van der Waals surface area (Å²) in [6.45, 7) is 10.8. The van der Waals surface area contributed by atoms with Crippen LogP contribution in [0, 0.1) is 5.92 Å². The van der Waals surface area contributed by atoms with Gasteiger partial charge in [0.1, 0.15) is 6.10 Å². The van der Waals surface area contributed by atoms with Gasteiger partial charge in [0.25, 0.3) is 5.91 Å². The van der Waals surface area contributed by atoms with Crippen molar-refractivity contribution in [2.24, 2.45) is 10.9 Å². The summed E-state index contributed by atoms with van der Waals surface area (Å²) in [6.07, 6.45) is 4.18. The number of nitrogens with one attached hydrogen (secondary N) is 1. The molecule has 26 heavy (non-hydrogen) atoms. The number of aliphatic imine (C=N–C) groups is 1. The molecule has 0 aliphatic carbocycles. The van der Waals surface area contributed by atoms with Gasteiger partial charge in [-0.25, -0.2) is 0 Å². The minimum Gasteiger partial charge on any atom is -0.368 e. The zero-order chi connectivity index (χ0) is 18.4. The molecule has 1 N–H and O–H groups in total. The maximum absolute atomic E-state index is 12.5. The first-order valence-corrected chi connectivity index (χ1v) is 10.3. The summed E-state index contributed by atoms with van der Waals surface area (Å²) in [5, 5.41) is 3.56. The van der Waals surface area contributed by atoms with E-state index in [4.69, 9.17) is 4.74 Å². The van der Waals surface area contributed by atoms with Gasteiger partial charge in [-0.1, -0.05) is 6.92 Å². The fourth-order valence-electron chi connectivity index (χ4n) is 4.28. The van der Waals surface area contributed by atoms with Crippen LogP contribution in [0.5, 0.6) is 0 Å². The number of guanidine groups is 1. The highest BCUT2D eigenvalue weighted by Gasteiger charge is 2.31. The zero-order valence-corrected chi connectivity index (χ0v) is 16.5. The van der Waals surface area contributed by atoms with E-state index in [0.717, 1.165) is 58.1 Å². The molecule has 2 unspecified atom stereocenters. The third kappa shape index (κ3) is 4.88. The van der Waals surface area contributed by atoms with Crippen molar-refractivity contribution in [2.75, 3.05) is 66.0 Å². The smallest absolute Gasteiger partial charge is 0.251 e. The number of rotatable bonds is 5. The average Bonchev–Trinajstić information content (AvgIpc) is 3.35. The molecule has 7 nitrogen and oxygen atoms in total. The number of nitrogens with zero attached hydrogens (tertiary/aromatic N) is 4. The van der Waals surface area contributed by atoms with Crippen LogP contribution in [0.4, 0.5) is 0 Å². The maximum atomic E-state index is 12.5. The first-order chi connectivity index (χ1) is 12.7. The third-order valence-corrected chi connectivity index (χ3v) is 5.77. The lowest BCUT2D eigenvalue weighted by molar-refractivity contribution is -0.142. The first kappa shape index (κ1) is 19.4. The van der Waals surface area contributed by atoms with Crippen molar-refractivity contribution in [2.45, 2.75) is 38.7 Å². The lowest BCUT2D eigenvalue weighted by Gasteiger charge is -2.37. The molecule has 0 aromatic heterocycles. The van der Waals surface area contributed by atoms with E-state index in [1.54, 1.807) is 0 Å². The third-order valence-electron chi connectivity index (χ3n) is 5.77. The van der Waals surface area contributed by atoms with Gasteiger partial charge in [-0.2, -0.15) is 0 Å². The van der Waals surface area contributed by atoms with E-state index in [2.05, 4.69) is 27.0 Å². The van der Waals surface area contributed by atoms with Gasteiger partial charge in [-0.05, 0) is 44.7 Å². The summed E-state index contributed by atoms with van der Waals surface area (Å²) < 4.78 is 5.54. The number of ether oxygens (including phenoxy) is 1. The number of hydrogen-bond donors (Lipinski definition) is 1. The van der Waals surface area contributed by atoms with Crippen LogP contribution < -0.4 is 5.32 Å². The van der Waals surface area contributed by atoms with Gasteiger partial charge in [0.15, 0.2) is 5.96 Å². The van der Waals surface area contributed by atoms with Crippen molar-refractivity contribution in [3.8, 4) is 0 Å². The quantitative estimate of drug-likeness (QED) is 0.572. The number of amides is 1. The van der Waals surface area contributed by atoms with E-state index in [9.17, 15) is 4.79 Å². The highest BCUT2D eigenvalue weighted by molar-refractivity contribution is 5.82. The predicted molar refractivity (Wildman–Crippen MR) is 103 cm³/mol.